The number of hydrogen-bond acceptors (Lipinski definition) is 4. The second-order valence-electron chi connectivity index (χ2n) is 4.12. The summed E-state index contributed by atoms with van der Waals surface area (Å²) in [6.45, 7) is 0.778. The molecule has 2 aromatic heterocycles. The summed E-state index contributed by atoms with van der Waals surface area (Å²) in [6.07, 6.45) is 4.66. The van der Waals surface area contributed by atoms with E-state index in [1.807, 2.05) is 4.68 Å². The first-order valence-corrected chi connectivity index (χ1v) is 6.68. The van der Waals surface area contributed by atoms with Crippen molar-refractivity contribution in [3.63, 3.8) is 0 Å². The van der Waals surface area contributed by atoms with Crippen LogP contribution >= 0.6 is 22.6 Å². The average Bonchev–Trinajstić information content (AvgIpc) is 2.68. The van der Waals surface area contributed by atoms with Crippen LogP contribution in [0.4, 0.5) is 0 Å². The number of fused-ring (bicyclic) bond motifs is 1. The van der Waals surface area contributed by atoms with Gasteiger partial charge in [0.2, 0.25) is 0 Å². The molecule has 17 heavy (non-hydrogen) atoms. The molecule has 1 atom stereocenters. The number of pyridine rings is 1. The van der Waals surface area contributed by atoms with Crippen LogP contribution in [0.1, 0.15) is 25.5 Å². The van der Waals surface area contributed by atoms with Gasteiger partial charge in [0.15, 0.2) is 11.9 Å². The number of halogens is 1. The molecule has 90 valence electrons. The third-order valence-corrected chi connectivity index (χ3v) is 3.71. The molecule has 0 aliphatic carbocycles. The van der Waals surface area contributed by atoms with Gasteiger partial charge < -0.3 is 9.84 Å². The predicted molar refractivity (Wildman–Crippen MR) is 70.7 cm³/mol. The normalized spacial score (nSPS) is 20.9. The van der Waals surface area contributed by atoms with Gasteiger partial charge in [-0.1, -0.05) is 0 Å². The lowest BCUT2D eigenvalue weighted by molar-refractivity contribution is -0.0372. The Balaban J connectivity index is 2.10. The van der Waals surface area contributed by atoms with Gasteiger partial charge in [0.25, 0.3) is 0 Å². The van der Waals surface area contributed by atoms with Crippen LogP contribution in [-0.2, 0) is 4.74 Å². The summed E-state index contributed by atoms with van der Waals surface area (Å²) in [6, 6.07) is 1.69. The molecule has 0 saturated carbocycles. The monoisotopic (exact) mass is 345 g/mol. The second kappa shape index (κ2) is 4.41. The van der Waals surface area contributed by atoms with E-state index in [4.69, 9.17) is 4.74 Å². The van der Waals surface area contributed by atoms with E-state index in [2.05, 4.69) is 32.7 Å². The zero-order chi connectivity index (χ0) is 11.8. The molecule has 0 spiro atoms. The van der Waals surface area contributed by atoms with Crippen LogP contribution in [0.2, 0.25) is 0 Å². The van der Waals surface area contributed by atoms with E-state index in [0.717, 1.165) is 40.6 Å². The Hall–Kier alpha value is -0.890. The molecule has 1 aliphatic heterocycles. The summed E-state index contributed by atoms with van der Waals surface area (Å²) >= 11 is 2.15. The van der Waals surface area contributed by atoms with E-state index >= 15 is 0 Å². The van der Waals surface area contributed by atoms with Gasteiger partial charge in [-0.05, 0) is 47.9 Å². The Bertz CT molecular complexity index is 549. The fourth-order valence-electron chi connectivity index (χ4n) is 2.09. The molecule has 1 aliphatic rings. The van der Waals surface area contributed by atoms with E-state index in [0.29, 0.717) is 0 Å². The Morgan fingerprint density at radius 1 is 1.47 bits per heavy atom. The van der Waals surface area contributed by atoms with Crippen molar-refractivity contribution in [2.45, 2.75) is 25.5 Å². The highest BCUT2D eigenvalue weighted by Crippen LogP contribution is 2.28. The molecule has 1 N–H and O–H groups in total. The molecule has 1 fully saturated rings. The van der Waals surface area contributed by atoms with Crippen LogP contribution in [0.5, 0.6) is 5.75 Å². The number of hydrogen-bond donors (Lipinski definition) is 1. The van der Waals surface area contributed by atoms with Crippen LogP contribution in [0.15, 0.2) is 12.3 Å². The van der Waals surface area contributed by atoms with Crippen LogP contribution in [0.3, 0.4) is 0 Å². The summed E-state index contributed by atoms with van der Waals surface area (Å²) in [5.41, 5.74) is 0.777. The maximum Gasteiger partial charge on any atom is 0.161 e. The molecule has 1 unspecified atom stereocenters. The number of nitrogens with zero attached hydrogens (tertiary/aromatic N) is 3. The van der Waals surface area contributed by atoms with E-state index in [1.165, 1.54) is 6.20 Å². The molecule has 0 bridgehead atoms. The second-order valence-corrected chi connectivity index (χ2v) is 5.14. The Kier molecular flexibility index (Phi) is 2.91. The lowest BCUT2D eigenvalue weighted by Crippen LogP contribution is -2.19. The highest BCUT2D eigenvalue weighted by Gasteiger charge is 2.21. The summed E-state index contributed by atoms with van der Waals surface area (Å²) in [5.74, 6) is 0.166. The smallest absolute Gasteiger partial charge is 0.161 e. The topological polar surface area (TPSA) is 60.2 Å². The van der Waals surface area contributed by atoms with E-state index in [9.17, 15) is 5.11 Å². The molecule has 0 amide bonds. The lowest BCUT2D eigenvalue weighted by atomic mass is 10.2. The molecular weight excluding hydrogens is 333 g/mol. The lowest BCUT2D eigenvalue weighted by Gasteiger charge is -2.22. The van der Waals surface area contributed by atoms with E-state index in [-0.39, 0.29) is 12.0 Å². The zero-order valence-electron chi connectivity index (χ0n) is 9.14. The van der Waals surface area contributed by atoms with Crippen LogP contribution in [0, 0.1) is 3.70 Å². The molecule has 6 heteroatoms. The van der Waals surface area contributed by atoms with Crippen molar-refractivity contribution in [3.8, 4) is 5.75 Å². The minimum atomic E-state index is -0.0215. The molecule has 1 saturated heterocycles. The van der Waals surface area contributed by atoms with Crippen molar-refractivity contribution in [1.29, 1.82) is 0 Å². The summed E-state index contributed by atoms with van der Waals surface area (Å²) < 4.78 is 8.38. The first-order chi connectivity index (χ1) is 8.25. The van der Waals surface area contributed by atoms with E-state index < -0.39 is 0 Å². The molecule has 3 heterocycles. The van der Waals surface area contributed by atoms with Crippen molar-refractivity contribution in [1.82, 2.24) is 14.8 Å². The number of rotatable bonds is 1. The molecule has 0 radical (unpaired) electrons. The number of aromatic hydroxyl groups is 1. The minimum absolute atomic E-state index is 0.0215. The molecule has 3 rings (SSSR count). The van der Waals surface area contributed by atoms with Crippen molar-refractivity contribution in [2.75, 3.05) is 6.61 Å². The van der Waals surface area contributed by atoms with E-state index in [1.54, 1.807) is 6.07 Å². The first kappa shape index (κ1) is 11.2. The summed E-state index contributed by atoms with van der Waals surface area (Å²) in [4.78, 5) is 4.24. The third-order valence-electron chi connectivity index (χ3n) is 2.92. The molecule has 5 nitrogen and oxygen atoms in total. The quantitative estimate of drug-likeness (QED) is 0.807. The Morgan fingerprint density at radius 3 is 3.12 bits per heavy atom. The van der Waals surface area contributed by atoms with Gasteiger partial charge >= 0.3 is 0 Å². The van der Waals surface area contributed by atoms with Gasteiger partial charge in [0.1, 0.15) is 9.45 Å². The maximum absolute atomic E-state index is 9.44. The Morgan fingerprint density at radius 2 is 2.35 bits per heavy atom. The van der Waals surface area contributed by atoms with Crippen LogP contribution in [0.25, 0.3) is 11.0 Å². The van der Waals surface area contributed by atoms with Crippen molar-refractivity contribution < 1.29 is 9.84 Å². The van der Waals surface area contributed by atoms with Gasteiger partial charge in [-0.3, -0.25) is 0 Å². The molecule has 0 aromatic carbocycles. The minimum Gasteiger partial charge on any atom is -0.506 e. The van der Waals surface area contributed by atoms with Gasteiger partial charge in [-0.2, -0.15) is 5.10 Å². The van der Waals surface area contributed by atoms with Gasteiger partial charge in [-0.15, -0.1) is 0 Å². The largest absolute Gasteiger partial charge is 0.506 e. The third kappa shape index (κ3) is 1.99. The van der Waals surface area contributed by atoms with Crippen molar-refractivity contribution in [2.24, 2.45) is 0 Å². The van der Waals surface area contributed by atoms with Crippen LogP contribution in [-0.4, -0.2) is 26.5 Å². The predicted octanol–water partition coefficient (Wildman–Crippen LogP) is 2.44. The number of ether oxygens (including phenoxy) is 1. The maximum atomic E-state index is 9.44. The molecular formula is C11H12IN3O2. The highest BCUT2D eigenvalue weighted by molar-refractivity contribution is 14.1. The van der Waals surface area contributed by atoms with Crippen LogP contribution < -0.4 is 0 Å². The Labute approximate surface area is 112 Å². The SMILES string of the molecule is Oc1cnc2c(c1)c(I)nn2C1CCCCO1. The number of aromatic nitrogens is 3. The standard InChI is InChI=1S/C11H12IN3O2/c12-10-8-5-7(16)6-13-11(8)15(14-10)9-3-1-2-4-17-9/h5-6,9,16H,1-4H2. The fourth-order valence-corrected chi connectivity index (χ4v) is 2.72. The van der Waals surface area contributed by atoms with Gasteiger partial charge in [0.05, 0.1) is 11.6 Å². The first-order valence-electron chi connectivity index (χ1n) is 5.60. The van der Waals surface area contributed by atoms with Crippen molar-refractivity contribution >= 4 is 33.6 Å². The summed E-state index contributed by atoms with van der Waals surface area (Å²) in [7, 11) is 0. The zero-order valence-corrected chi connectivity index (χ0v) is 11.3. The van der Waals surface area contributed by atoms with Crippen molar-refractivity contribution in [3.05, 3.63) is 16.0 Å². The van der Waals surface area contributed by atoms with Gasteiger partial charge in [-0.25, -0.2) is 9.67 Å². The summed E-state index contributed by atoms with van der Waals surface area (Å²) in [5, 5.41) is 14.8. The fraction of sp³-hybridized carbons (Fsp3) is 0.455. The average molecular weight is 345 g/mol. The van der Waals surface area contributed by atoms with Gasteiger partial charge in [0, 0.05) is 6.61 Å². The highest BCUT2D eigenvalue weighted by atomic mass is 127. The molecule has 2 aromatic rings.